The van der Waals surface area contributed by atoms with E-state index in [4.69, 9.17) is 5.73 Å². The van der Waals surface area contributed by atoms with E-state index in [9.17, 15) is 4.79 Å². The lowest BCUT2D eigenvalue weighted by molar-refractivity contribution is 0.0928. The highest BCUT2D eigenvalue weighted by Gasteiger charge is 2.27. The van der Waals surface area contributed by atoms with Gasteiger partial charge in [0.05, 0.1) is 5.56 Å². The zero-order valence-electron chi connectivity index (χ0n) is 15.7. The van der Waals surface area contributed by atoms with Gasteiger partial charge < -0.3 is 16.0 Å². The third-order valence-corrected chi connectivity index (χ3v) is 5.00. The molecule has 2 aromatic rings. The number of rotatable bonds is 5. The predicted molar refractivity (Wildman–Crippen MR) is 116 cm³/mol. The molecule has 1 aliphatic rings. The van der Waals surface area contributed by atoms with Crippen molar-refractivity contribution in [1.82, 2.24) is 10.3 Å². The van der Waals surface area contributed by atoms with Gasteiger partial charge in [0.25, 0.3) is 5.91 Å². The van der Waals surface area contributed by atoms with Crippen molar-refractivity contribution in [3.8, 4) is 11.1 Å². The summed E-state index contributed by atoms with van der Waals surface area (Å²) >= 11 is 0. The number of aromatic nitrogens is 1. The maximum absolute atomic E-state index is 12.6. The molecule has 3 N–H and O–H groups in total. The van der Waals surface area contributed by atoms with Gasteiger partial charge >= 0.3 is 0 Å². The van der Waals surface area contributed by atoms with E-state index in [0.717, 1.165) is 36.1 Å². The van der Waals surface area contributed by atoms with Crippen molar-refractivity contribution < 1.29 is 4.79 Å². The molecule has 0 bridgehead atoms. The molecule has 5 nitrogen and oxygen atoms in total. The van der Waals surface area contributed by atoms with Gasteiger partial charge in [0.15, 0.2) is 0 Å². The first-order valence-electron chi connectivity index (χ1n) is 8.82. The van der Waals surface area contributed by atoms with Crippen LogP contribution in [-0.2, 0) is 0 Å². The molecule has 1 heterocycles. The molecule has 0 saturated heterocycles. The zero-order chi connectivity index (χ0) is 17.8. The average molecular weight is 411 g/mol. The lowest BCUT2D eigenvalue weighted by atomic mass is 10.0. The van der Waals surface area contributed by atoms with Crippen LogP contribution in [0.1, 0.15) is 29.6 Å². The van der Waals surface area contributed by atoms with E-state index in [-0.39, 0.29) is 36.8 Å². The van der Waals surface area contributed by atoms with E-state index in [2.05, 4.69) is 39.5 Å². The first-order valence-corrected chi connectivity index (χ1v) is 8.82. The molecular formula is C20H28Cl2N4O. The van der Waals surface area contributed by atoms with Gasteiger partial charge in [0.2, 0.25) is 0 Å². The van der Waals surface area contributed by atoms with Crippen molar-refractivity contribution >= 4 is 36.4 Å². The first-order chi connectivity index (χ1) is 12.1. The largest absolute Gasteiger partial charge is 0.378 e. The maximum Gasteiger partial charge on any atom is 0.253 e. The molecule has 1 aromatic heterocycles. The molecular weight excluding hydrogens is 383 g/mol. The number of benzene rings is 1. The van der Waals surface area contributed by atoms with Crippen molar-refractivity contribution in [2.75, 3.05) is 25.5 Å². The summed E-state index contributed by atoms with van der Waals surface area (Å²) in [5.41, 5.74) is 9.53. The van der Waals surface area contributed by atoms with E-state index in [1.54, 1.807) is 12.4 Å². The minimum absolute atomic E-state index is 0. The Morgan fingerprint density at radius 2 is 1.85 bits per heavy atom. The molecule has 3 rings (SSSR count). The molecule has 2 atom stereocenters. The molecule has 1 amide bonds. The van der Waals surface area contributed by atoms with E-state index in [1.165, 1.54) is 0 Å². The second-order valence-electron chi connectivity index (χ2n) is 6.91. The summed E-state index contributed by atoms with van der Waals surface area (Å²) in [5.74, 6) is 0.322. The predicted octanol–water partition coefficient (Wildman–Crippen LogP) is 3.52. The fourth-order valence-electron chi connectivity index (χ4n) is 3.43. The van der Waals surface area contributed by atoms with Crippen LogP contribution >= 0.6 is 24.8 Å². The fraction of sp³-hybridized carbons (Fsp3) is 0.400. The van der Waals surface area contributed by atoms with Gasteiger partial charge in [0, 0.05) is 43.8 Å². The molecule has 0 radical (unpaired) electrons. The molecule has 1 aromatic carbocycles. The number of nitrogens with zero attached hydrogens (tertiary/aromatic N) is 2. The Morgan fingerprint density at radius 1 is 1.15 bits per heavy atom. The minimum atomic E-state index is -0.0652. The highest BCUT2D eigenvalue weighted by molar-refractivity contribution is 5.95. The van der Waals surface area contributed by atoms with Crippen LogP contribution in [0.4, 0.5) is 5.69 Å². The van der Waals surface area contributed by atoms with Gasteiger partial charge in [0.1, 0.15) is 0 Å². The normalized spacial score (nSPS) is 18.2. The summed E-state index contributed by atoms with van der Waals surface area (Å²) < 4.78 is 0. The minimum Gasteiger partial charge on any atom is -0.378 e. The first kappa shape index (κ1) is 23.2. The lowest BCUT2D eigenvalue weighted by Crippen LogP contribution is -2.39. The number of halogens is 2. The Balaban J connectivity index is 0.00000182. The third kappa shape index (κ3) is 5.58. The number of hydrogen-bond acceptors (Lipinski definition) is 4. The summed E-state index contributed by atoms with van der Waals surface area (Å²) in [7, 11) is 4.03. The van der Waals surface area contributed by atoms with Gasteiger partial charge in [-0.2, -0.15) is 0 Å². The van der Waals surface area contributed by atoms with Gasteiger partial charge in [-0.05, 0) is 49.1 Å². The lowest BCUT2D eigenvalue weighted by Gasteiger charge is -2.19. The van der Waals surface area contributed by atoms with Gasteiger partial charge in [-0.15, -0.1) is 24.8 Å². The summed E-state index contributed by atoms with van der Waals surface area (Å²) in [4.78, 5) is 18.9. The second kappa shape index (κ2) is 10.5. The van der Waals surface area contributed by atoms with Crippen LogP contribution in [0.25, 0.3) is 11.1 Å². The molecule has 0 aliphatic heterocycles. The van der Waals surface area contributed by atoms with Crippen LogP contribution < -0.4 is 16.0 Å². The zero-order valence-corrected chi connectivity index (χ0v) is 17.4. The summed E-state index contributed by atoms with van der Waals surface area (Å²) in [6.07, 6.45) is 6.65. The maximum atomic E-state index is 12.6. The number of anilines is 1. The Morgan fingerprint density at radius 3 is 2.48 bits per heavy atom. The standard InChI is InChI=1S/C20H26N4O.2ClH/c1-24(2)18-8-6-14(7-9-18)16-10-17(13-22-12-16)20(25)23-19-5-3-4-15(19)11-21;;/h6-10,12-13,15,19H,3-5,11,21H2,1-2H3,(H,23,25);2*1H. The van der Waals surface area contributed by atoms with Gasteiger partial charge in [-0.3, -0.25) is 9.78 Å². The van der Waals surface area contributed by atoms with Gasteiger partial charge in [-0.25, -0.2) is 0 Å². The number of nitrogens with one attached hydrogen (secondary N) is 1. The Hall–Kier alpha value is -1.82. The highest BCUT2D eigenvalue weighted by atomic mass is 35.5. The quantitative estimate of drug-likeness (QED) is 0.790. The van der Waals surface area contributed by atoms with E-state index < -0.39 is 0 Å². The van der Waals surface area contributed by atoms with Crippen molar-refractivity contribution in [2.45, 2.75) is 25.3 Å². The van der Waals surface area contributed by atoms with E-state index in [0.29, 0.717) is 18.0 Å². The highest BCUT2D eigenvalue weighted by Crippen LogP contribution is 2.26. The Bertz CT molecular complexity index is 737. The van der Waals surface area contributed by atoms with Crippen molar-refractivity contribution in [3.63, 3.8) is 0 Å². The number of carbonyl (C=O) groups excluding carboxylic acids is 1. The van der Waals surface area contributed by atoms with Gasteiger partial charge in [-0.1, -0.05) is 18.6 Å². The fourth-order valence-corrected chi connectivity index (χ4v) is 3.43. The number of pyridine rings is 1. The summed E-state index contributed by atoms with van der Waals surface area (Å²) in [6.45, 7) is 0.626. The SMILES string of the molecule is CN(C)c1ccc(-c2cncc(C(=O)NC3CCCC3CN)c2)cc1.Cl.Cl. The van der Waals surface area contributed by atoms with Crippen LogP contribution in [0, 0.1) is 5.92 Å². The molecule has 2 unspecified atom stereocenters. The molecule has 27 heavy (non-hydrogen) atoms. The number of hydrogen-bond donors (Lipinski definition) is 2. The molecule has 7 heteroatoms. The monoisotopic (exact) mass is 410 g/mol. The van der Waals surface area contributed by atoms with Crippen LogP contribution in [0.3, 0.4) is 0 Å². The summed E-state index contributed by atoms with van der Waals surface area (Å²) in [6, 6.07) is 10.3. The van der Waals surface area contributed by atoms with E-state index in [1.807, 2.05) is 20.2 Å². The topological polar surface area (TPSA) is 71.2 Å². The molecule has 1 aliphatic carbocycles. The Labute approximate surface area is 173 Å². The number of amides is 1. The van der Waals surface area contributed by atoms with Crippen molar-refractivity contribution in [1.29, 1.82) is 0 Å². The molecule has 1 fully saturated rings. The third-order valence-electron chi connectivity index (χ3n) is 5.00. The second-order valence-corrected chi connectivity index (χ2v) is 6.91. The number of carbonyl (C=O) groups is 1. The van der Waals surface area contributed by atoms with Crippen LogP contribution in [0.5, 0.6) is 0 Å². The average Bonchev–Trinajstić information content (AvgIpc) is 3.09. The van der Waals surface area contributed by atoms with Crippen LogP contribution in [0.15, 0.2) is 42.7 Å². The molecule has 0 spiro atoms. The van der Waals surface area contributed by atoms with Crippen LogP contribution in [-0.4, -0.2) is 37.6 Å². The Kier molecular flexibility index (Phi) is 9.03. The summed E-state index contributed by atoms with van der Waals surface area (Å²) in [5, 5.41) is 3.13. The molecule has 148 valence electrons. The van der Waals surface area contributed by atoms with E-state index >= 15 is 0 Å². The van der Waals surface area contributed by atoms with Crippen molar-refractivity contribution in [3.05, 3.63) is 48.3 Å². The van der Waals surface area contributed by atoms with Crippen LogP contribution in [0.2, 0.25) is 0 Å². The number of nitrogens with two attached hydrogens (primary N) is 1. The van der Waals surface area contributed by atoms with Crippen molar-refractivity contribution in [2.24, 2.45) is 11.7 Å². The molecule has 1 saturated carbocycles. The smallest absolute Gasteiger partial charge is 0.253 e.